The van der Waals surface area contributed by atoms with Crippen LogP contribution in [0.4, 0.5) is 5.69 Å². The molecule has 5 nitrogen and oxygen atoms in total. The first-order chi connectivity index (χ1) is 16.2. The van der Waals surface area contributed by atoms with Gasteiger partial charge in [0.1, 0.15) is 15.7 Å². The van der Waals surface area contributed by atoms with Gasteiger partial charge in [0.05, 0.1) is 11.4 Å². The van der Waals surface area contributed by atoms with Crippen molar-refractivity contribution in [1.29, 1.82) is 0 Å². The summed E-state index contributed by atoms with van der Waals surface area (Å²) in [6.45, 7) is 0. The average molecular weight is 469 g/mol. The summed E-state index contributed by atoms with van der Waals surface area (Å²) in [6, 6.07) is 30.3. The summed E-state index contributed by atoms with van der Waals surface area (Å²) < 4.78 is 0. The summed E-state index contributed by atoms with van der Waals surface area (Å²) in [4.78, 5) is 17.6. The molecule has 0 fully saturated rings. The van der Waals surface area contributed by atoms with E-state index in [1.807, 2.05) is 84.9 Å². The van der Waals surface area contributed by atoms with Gasteiger partial charge in [-0.2, -0.15) is 0 Å². The predicted octanol–water partition coefficient (Wildman–Crippen LogP) is 6.84. The van der Waals surface area contributed by atoms with Crippen LogP contribution in [0.25, 0.3) is 32.4 Å². The normalized spacial score (nSPS) is 10.7. The van der Waals surface area contributed by atoms with Crippen LogP contribution in [0.15, 0.2) is 97.1 Å². The van der Waals surface area contributed by atoms with Crippen LogP contribution in [0, 0.1) is 0 Å². The molecule has 0 aliphatic carbocycles. The summed E-state index contributed by atoms with van der Waals surface area (Å²) >= 11 is 7.77. The Morgan fingerprint density at radius 2 is 1.39 bits per heavy atom. The minimum Gasteiger partial charge on any atom is -0.320 e. The molecule has 1 N–H and O–H groups in total. The van der Waals surface area contributed by atoms with Crippen LogP contribution in [0.3, 0.4) is 0 Å². The van der Waals surface area contributed by atoms with Crippen molar-refractivity contribution >= 4 is 34.5 Å². The van der Waals surface area contributed by atoms with Crippen LogP contribution in [0.2, 0.25) is 5.02 Å². The van der Waals surface area contributed by atoms with Crippen LogP contribution >= 0.6 is 22.9 Å². The molecule has 0 saturated carbocycles. The van der Waals surface area contributed by atoms with Crippen molar-refractivity contribution in [3.63, 3.8) is 0 Å². The number of nitrogens with zero attached hydrogens (tertiary/aromatic N) is 3. The van der Waals surface area contributed by atoms with Crippen LogP contribution in [-0.4, -0.2) is 21.1 Å². The van der Waals surface area contributed by atoms with Gasteiger partial charge in [-0.05, 0) is 24.3 Å². The number of anilines is 1. The second kappa shape index (κ2) is 9.32. The Hall–Kier alpha value is -3.87. The highest BCUT2D eigenvalue weighted by Gasteiger charge is 2.16. The zero-order chi connectivity index (χ0) is 22.6. The molecule has 33 heavy (non-hydrogen) atoms. The minimum absolute atomic E-state index is 0.235. The zero-order valence-corrected chi connectivity index (χ0v) is 18.8. The monoisotopic (exact) mass is 468 g/mol. The number of hydrogen-bond donors (Lipinski definition) is 1. The Kier molecular flexibility index (Phi) is 5.93. The second-order valence-electron chi connectivity index (χ2n) is 7.20. The Morgan fingerprint density at radius 3 is 2.15 bits per heavy atom. The number of carbonyl (C=O) groups is 1. The van der Waals surface area contributed by atoms with E-state index in [-0.39, 0.29) is 11.6 Å². The maximum absolute atomic E-state index is 13.1. The number of pyridine rings is 1. The number of benzene rings is 3. The first-order valence-corrected chi connectivity index (χ1v) is 11.4. The van der Waals surface area contributed by atoms with Gasteiger partial charge < -0.3 is 5.32 Å². The Morgan fingerprint density at radius 1 is 0.758 bits per heavy atom. The van der Waals surface area contributed by atoms with Crippen molar-refractivity contribution in [3.05, 3.63) is 108 Å². The third-order valence-electron chi connectivity index (χ3n) is 4.94. The highest BCUT2D eigenvalue weighted by Crippen LogP contribution is 2.34. The average Bonchev–Trinajstić information content (AvgIpc) is 3.35. The molecule has 0 saturated heterocycles. The molecule has 0 radical (unpaired) electrons. The number of amides is 1. The Balaban J connectivity index is 1.44. The van der Waals surface area contributed by atoms with E-state index < -0.39 is 0 Å². The molecule has 2 heterocycles. The second-order valence-corrected chi connectivity index (χ2v) is 8.61. The summed E-state index contributed by atoms with van der Waals surface area (Å²) in [5.74, 6) is -0.352. The molecule has 160 valence electrons. The molecule has 5 rings (SSSR count). The van der Waals surface area contributed by atoms with Crippen molar-refractivity contribution in [1.82, 2.24) is 15.2 Å². The maximum atomic E-state index is 13.1. The Bertz CT molecular complexity index is 1420. The van der Waals surface area contributed by atoms with E-state index in [4.69, 9.17) is 11.6 Å². The zero-order valence-electron chi connectivity index (χ0n) is 17.3. The van der Waals surface area contributed by atoms with Crippen molar-refractivity contribution in [3.8, 4) is 32.4 Å². The van der Waals surface area contributed by atoms with Gasteiger partial charge >= 0.3 is 0 Å². The van der Waals surface area contributed by atoms with E-state index in [2.05, 4.69) is 20.5 Å². The lowest BCUT2D eigenvalue weighted by Crippen LogP contribution is -2.14. The SMILES string of the molecule is O=C(Nc1ccccc1-c1nnc(-c2ccccc2)s1)c1cc(Cl)cc(-c2ccccc2)n1. The third kappa shape index (κ3) is 4.67. The number of halogens is 1. The quantitative estimate of drug-likeness (QED) is 0.306. The predicted molar refractivity (Wildman–Crippen MR) is 133 cm³/mol. The largest absolute Gasteiger partial charge is 0.320 e. The number of rotatable bonds is 5. The summed E-state index contributed by atoms with van der Waals surface area (Å²) in [5, 5.41) is 13.6. The lowest BCUT2D eigenvalue weighted by molar-refractivity contribution is 0.102. The van der Waals surface area contributed by atoms with Gasteiger partial charge in [-0.3, -0.25) is 4.79 Å². The molecular formula is C26H17ClN4OS. The van der Waals surface area contributed by atoms with E-state index in [9.17, 15) is 4.79 Å². The molecular weight excluding hydrogens is 452 g/mol. The highest BCUT2D eigenvalue weighted by molar-refractivity contribution is 7.18. The van der Waals surface area contributed by atoms with E-state index in [0.29, 0.717) is 21.4 Å². The first-order valence-electron chi connectivity index (χ1n) is 10.2. The smallest absolute Gasteiger partial charge is 0.274 e. The number of hydrogen-bond acceptors (Lipinski definition) is 5. The van der Waals surface area contributed by atoms with Crippen molar-refractivity contribution in [2.75, 3.05) is 5.32 Å². The number of aromatic nitrogens is 3. The minimum atomic E-state index is -0.352. The highest BCUT2D eigenvalue weighted by atomic mass is 35.5. The molecule has 5 aromatic rings. The molecule has 2 aromatic heterocycles. The van der Waals surface area contributed by atoms with Gasteiger partial charge in [0.25, 0.3) is 5.91 Å². The molecule has 3 aromatic carbocycles. The molecule has 1 amide bonds. The van der Waals surface area contributed by atoms with Crippen LogP contribution < -0.4 is 5.32 Å². The van der Waals surface area contributed by atoms with E-state index >= 15 is 0 Å². The van der Waals surface area contributed by atoms with Crippen molar-refractivity contribution in [2.45, 2.75) is 0 Å². The van der Waals surface area contributed by atoms with Crippen molar-refractivity contribution in [2.24, 2.45) is 0 Å². The lowest BCUT2D eigenvalue weighted by atomic mass is 10.1. The van der Waals surface area contributed by atoms with E-state index in [0.717, 1.165) is 21.7 Å². The van der Waals surface area contributed by atoms with Gasteiger partial charge in [0.15, 0.2) is 0 Å². The van der Waals surface area contributed by atoms with Gasteiger partial charge in [-0.25, -0.2) is 4.98 Å². The molecule has 0 bridgehead atoms. The van der Waals surface area contributed by atoms with Gasteiger partial charge in [0.2, 0.25) is 0 Å². The third-order valence-corrected chi connectivity index (χ3v) is 6.17. The number of para-hydroxylation sites is 1. The maximum Gasteiger partial charge on any atom is 0.274 e. The molecule has 0 aliphatic heterocycles. The standard InChI is InChI=1S/C26H17ClN4OS/c27-19-15-22(17-9-3-1-4-10-17)28-23(16-19)24(32)29-21-14-8-7-13-20(21)26-31-30-25(33-26)18-11-5-2-6-12-18/h1-16H,(H,29,32). The van der Waals surface area contributed by atoms with Gasteiger partial charge in [-0.1, -0.05) is 95.7 Å². The van der Waals surface area contributed by atoms with Gasteiger partial charge in [-0.15, -0.1) is 10.2 Å². The number of carbonyl (C=O) groups excluding carboxylic acids is 1. The Labute approximate surface area is 199 Å². The van der Waals surface area contributed by atoms with Crippen LogP contribution in [-0.2, 0) is 0 Å². The molecule has 0 unspecified atom stereocenters. The fraction of sp³-hybridized carbons (Fsp3) is 0. The van der Waals surface area contributed by atoms with Crippen molar-refractivity contribution < 1.29 is 4.79 Å². The summed E-state index contributed by atoms with van der Waals surface area (Å²) in [6.07, 6.45) is 0. The van der Waals surface area contributed by atoms with Crippen LogP contribution in [0.5, 0.6) is 0 Å². The summed E-state index contributed by atoms with van der Waals surface area (Å²) in [5.41, 5.74) is 4.17. The number of nitrogens with one attached hydrogen (secondary N) is 1. The summed E-state index contributed by atoms with van der Waals surface area (Å²) in [7, 11) is 0. The fourth-order valence-corrected chi connectivity index (χ4v) is 4.46. The van der Waals surface area contributed by atoms with Gasteiger partial charge in [0, 0.05) is 21.7 Å². The first kappa shape index (κ1) is 21.0. The van der Waals surface area contributed by atoms with Crippen LogP contribution in [0.1, 0.15) is 10.5 Å². The topological polar surface area (TPSA) is 67.8 Å². The van der Waals surface area contributed by atoms with E-state index in [1.165, 1.54) is 11.3 Å². The fourth-order valence-electron chi connectivity index (χ4n) is 3.36. The lowest BCUT2D eigenvalue weighted by Gasteiger charge is -2.10. The molecule has 0 atom stereocenters. The molecule has 0 spiro atoms. The molecule has 7 heteroatoms. The van der Waals surface area contributed by atoms with E-state index in [1.54, 1.807) is 12.1 Å². The molecule has 0 aliphatic rings.